The molecule has 0 heterocycles. The molecule has 0 amide bonds. The smallest absolute Gasteiger partial charge is 0.142 e. The molecule has 112 valence electrons. The fourth-order valence-electron chi connectivity index (χ4n) is 2.25. The predicted molar refractivity (Wildman–Crippen MR) is 84.1 cm³/mol. The van der Waals surface area contributed by atoms with E-state index in [1.165, 1.54) is 0 Å². The summed E-state index contributed by atoms with van der Waals surface area (Å²) in [6.07, 6.45) is -0.423. The largest absolute Gasteiger partial charge is 0.496 e. The lowest BCUT2D eigenvalue weighted by molar-refractivity contribution is 0.177. The van der Waals surface area contributed by atoms with E-state index in [1.54, 1.807) is 50.6 Å². The fourth-order valence-corrected chi connectivity index (χ4v) is 2.45. The number of benzene rings is 2. The average molecular weight is 308 g/mol. The number of rotatable bonds is 5. The summed E-state index contributed by atoms with van der Waals surface area (Å²) >= 11 is 6.00. The van der Waals surface area contributed by atoms with Crippen LogP contribution in [0.1, 0.15) is 17.2 Å². The number of hydrogen-bond donors (Lipinski definition) is 2. The predicted octanol–water partition coefficient (Wildman–Crippen LogP) is 3.22. The number of halogens is 1. The van der Waals surface area contributed by atoms with Crippen molar-refractivity contribution in [2.45, 2.75) is 12.5 Å². The number of hydrogen-bond acceptors (Lipinski definition) is 4. The van der Waals surface area contributed by atoms with Crippen molar-refractivity contribution in [3.05, 3.63) is 52.5 Å². The van der Waals surface area contributed by atoms with Crippen LogP contribution in [0.2, 0.25) is 5.02 Å². The zero-order valence-corrected chi connectivity index (χ0v) is 12.7. The average Bonchev–Trinajstić information content (AvgIpc) is 2.47. The molecule has 1 unspecified atom stereocenters. The molecule has 0 spiro atoms. The van der Waals surface area contributed by atoms with Gasteiger partial charge in [0.25, 0.3) is 0 Å². The number of nitrogen functional groups attached to an aromatic ring is 1. The molecular weight excluding hydrogens is 290 g/mol. The van der Waals surface area contributed by atoms with Crippen molar-refractivity contribution in [1.29, 1.82) is 0 Å². The minimum atomic E-state index is -0.771. The molecule has 1 atom stereocenters. The lowest BCUT2D eigenvalue weighted by Crippen LogP contribution is -2.07. The first-order chi connectivity index (χ1) is 10.1. The highest BCUT2D eigenvalue weighted by Gasteiger charge is 2.16. The van der Waals surface area contributed by atoms with Crippen molar-refractivity contribution >= 4 is 17.3 Å². The maximum Gasteiger partial charge on any atom is 0.142 e. The van der Waals surface area contributed by atoms with Crippen LogP contribution < -0.4 is 15.2 Å². The van der Waals surface area contributed by atoms with Gasteiger partial charge in [-0.15, -0.1) is 0 Å². The number of nitrogens with two attached hydrogens (primary N) is 1. The van der Waals surface area contributed by atoms with Crippen LogP contribution in [0.15, 0.2) is 36.4 Å². The van der Waals surface area contributed by atoms with Crippen molar-refractivity contribution in [2.24, 2.45) is 0 Å². The van der Waals surface area contributed by atoms with Crippen LogP contribution in [0.4, 0.5) is 5.69 Å². The maximum atomic E-state index is 10.5. The van der Waals surface area contributed by atoms with Crippen molar-refractivity contribution in [1.82, 2.24) is 0 Å². The van der Waals surface area contributed by atoms with E-state index in [2.05, 4.69) is 0 Å². The lowest BCUT2D eigenvalue weighted by atomic mass is 9.99. The summed E-state index contributed by atoms with van der Waals surface area (Å²) in [6.45, 7) is 0. The Kier molecular flexibility index (Phi) is 4.94. The van der Waals surface area contributed by atoms with Crippen LogP contribution in [-0.4, -0.2) is 19.3 Å². The van der Waals surface area contributed by atoms with Crippen LogP contribution in [0.3, 0.4) is 0 Å². The summed E-state index contributed by atoms with van der Waals surface area (Å²) in [5.41, 5.74) is 7.89. The molecule has 0 radical (unpaired) electrons. The van der Waals surface area contributed by atoms with Gasteiger partial charge in [0, 0.05) is 17.0 Å². The second-order valence-electron chi connectivity index (χ2n) is 4.64. The third-order valence-electron chi connectivity index (χ3n) is 3.33. The summed E-state index contributed by atoms with van der Waals surface area (Å²) < 4.78 is 10.5. The molecular formula is C16H18ClNO3. The molecule has 2 aromatic rings. The molecule has 0 saturated carbocycles. The van der Waals surface area contributed by atoms with Gasteiger partial charge in [-0.1, -0.05) is 23.7 Å². The van der Waals surface area contributed by atoms with Gasteiger partial charge in [-0.2, -0.15) is 0 Å². The molecule has 0 bridgehead atoms. The van der Waals surface area contributed by atoms with Gasteiger partial charge in [0.05, 0.1) is 26.0 Å². The van der Waals surface area contributed by atoms with Gasteiger partial charge in [-0.3, -0.25) is 0 Å². The molecule has 0 aliphatic heterocycles. The van der Waals surface area contributed by atoms with Crippen molar-refractivity contribution in [3.8, 4) is 11.5 Å². The number of aliphatic hydroxyl groups is 1. The van der Waals surface area contributed by atoms with Crippen LogP contribution in [0.5, 0.6) is 11.5 Å². The Labute approximate surface area is 129 Å². The first-order valence-electron chi connectivity index (χ1n) is 6.49. The number of para-hydroxylation sites is 1. The molecule has 2 rings (SSSR count). The Bertz CT molecular complexity index is 631. The SMILES string of the molecule is COc1ccc(Cl)cc1CC(O)c1cccc(OC)c1N. The number of anilines is 1. The summed E-state index contributed by atoms with van der Waals surface area (Å²) in [5.74, 6) is 1.23. The summed E-state index contributed by atoms with van der Waals surface area (Å²) in [6, 6.07) is 10.6. The summed E-state index contributed by atoms with van der Waals surface area (Å²) in [7, 11) is 3.13. The molecule has 3 N–H and O–H groups in total. The van der Waals surface area contributed by atoms with E-state index in [1.807, 2.05) is 0 Å². The molecule has 5 heteroatoms. The number of ether oxygens (including phenoxy) is 2. The Morgan fingerprint density at radius 1 is 1.14 bits per heavy atom. The summed E-state index contributed by atoms with van der Waals surface area (Å²) in [5, 5.41) is 11.0. The van der Waals surface area contributed by atoms with Crippen molar-refractivity contribution in [3.63, 3.8) is 0 Å². The lowest BCUT2D eigenvalue weighted by Gasteiger charge is -2.17. The molecule has 0 aliphatic rings. The molecule has 2 aromatic carbocycles. The Morgan fingerprint density at radius 2 is 1.86 bits per heavy atom. The first kappa shape index (κ1) is 15.5. The number of methoxy groups -OCH3 is 2. The molecule has 0 fully saturated rings. The Balaban J connectivity index is 2.30. The normalized spacial score (nSPS) is 12.0. The Hall–Kier alpha value is -1.91. The highest BCUT2D eigenvalue weighted by Crippen LogP contribution is 2.33. The van der Waals surface area contributed by atoms with Gasteiger partial charge in [0.1, 0.15) is 11.5 Å². The van der Waals surface area contributed by atoms with E-state index in [-0.39, 0.29) is 0 Å². The van der Waals surface area contributed by atoms with E-state index in [9.17, 15) is 5.11 Å². The second-order valence-corrected chi connectivity index (χ2v) is 5.08. The molecule has 21 heavy (non-hydrogen) atoms. The van der Waals surface area contributed by atoms with Crippen LogP contribution in [-0.2, 0) is 6.42 Å². The van der Waals surface area contributed by atoms with Crippen molar-refractivity contribution in [2.75, 3.05) is 20.0 Å². The van der Waals surface area contributed by atoms with E-state index in [0.717, 1.165) is 5.56 Å². The van der Waals surface area contributed by atoms with Crippen LogP contribution in [0, 0.1) is 0 Å². The van der Waals surface area contributed by atoms with E-state index >= 15 is 0 Å². The second kappa shape index (κ2) is 6.70. The van der Waals surface area contributed by atoms with Crippen LogP contribution >= 0.6 is 11.6 Å². The van der Waals surface area contributed by atoms with Gasteiger partial charge in [0.2, 0.25) is 0 Å². The molecule has 0 aromatic heterocycles. The minimum Gasteiger partial charge on any atom is -0.496 e. The first-order valence-corrected chi connectivity index (χ1v) is 6.87. The number of aliphatic hydroxyl groups excluding tert-OH is 1. The minimum absolute atomic E-state index is 0.348. The van der Waals surface area contributed by atoms with Gasteiger partial charge >= 0.3 is 0 Å². The fraction of sp³-hybridized carbons (Fsp3) is 0.250. The maximum absolute atomic E-state index is 10.5. The third-order valence-corrected chi connectivity index (χ3v) is 3.57. The van der Waals surface area contributed by atoms with Gasteiger partial charge in [0.15, 0.2) is 0 Å². The molecule has 0 aliphatic carbocycles. The Morgan fingerprint density at radius 3 is 2.52 bits per heavy atom. The van der Waals surface area contributed by atoms with Gasteiger partial charge in [-0.05, 0) is 29.8 Å². The highest BCUT2D eigenvalue weighted by atomic mass is 35.5. The zero-order chi connectivity index (χ0) is 15.4. The van der Waals surface area contributed by atoms with Crippen LogP contribution in [0.25, 0.3) is 0 Å². The highest BCUT2D eigenvalue weighted by molar-refractivity contribution is 6.30. The third kappa shape index (κ3) is 3.40. The van der Waals surface area contributed by atoms with Gasteiger partial charge < -0.3 is 20.3 Å². The molecule has 4 nitrogen and oxygen atoms in total. The van der Waals surface area contributed by atoms with Crippen molar-refractivity contribution < 1.29 is 14.6 Å². The zero-order valence-electron chi connectivity index (χ0n) is 12.0. The van der Waals surface area contributed by atoms with Gasteiger partial charge in [-0.25, -0.2) is 0 Å². The van der Waals surface area contributed by atoms with E-state index < -0.39 is 6.10 Å². The monoisotopic (exact) mass is 307 g/mol. The quantitative estimate of drug-likeness (QED) is 0.833. The summed E-state index contributed by atoms with van der Waals surface area (Å²) in [4.78, 5) is 0. The van der Waals surface area contributed by atoms with E-state index in [4.69, 9.17) is 26.8 Å². The standard InChI is InChI=1S/C16H18ClNO3/c1-20-14-7-6-11(17)8-10(14)9-13(19)12-4-3-5-15(21-2)16(12)18/h3-8,13,19H,9,18H2,1-2H3. The topological polar surface area (TPSA) is 64.7 Å². The molecule has 0 saturated heterocycles. The van der Waals surface area contributed by atoms with E-state index in [0.29, 0.717) is 34.2 Å².